The number of aryl methyl sites for hydroxylation is 2. The van der Waals surface area contributed by atoms with E-state index in [9.17, 15) is 9.59 Å². The molecule has 0 unspecified atom stereocenters. The van der Waals surface area contributed by atoms with Gasteiger partial charge >= 0.3 is 0 Å². The number of hydrogen-bond acceptors (Lipinski definition) is 3. The van der Waals surface area contributed by atoms with Crippen molar-refractivity contribution in [3.8, 4) is 0 Å². The van der Waals surface area contributed by atoms with Gasteiger partial charge in [-0.15, -0.1) is 11.3 Å². The SMILES string of the molecule is Cc1cc([C@@H](C)NC(=O)[C@@H](NC(=O)c2ccccc2Cl)C(C)C)c(C)s1. The van der Waals surface area contributed by atoms with Crippen LogP contribution < -0.4 is 10.6 Å². The summed E-state index contributed by atoms with van der Waals surface area (Å²) in [4.78, 5) is 27.7. The average molecular weight is 393 g/mol. The third-order valence-electron chi connectivity index (χ3n) is 4.26. The summed E-state index contributed by atoms with van der Waals surface area (Å²) in [7, 11) is 0. The molecule has 1 aromatic carbocycles. The van der Waals surface area contributed by atoms with Gasteiger partial charge in [-0.25, -0.2) is 0 Å². The van der Waals surface area contributed by atoms with Crippen molar-refractivity contribution in [3.05, 3.63) is 56.2 Å². The first-order valence-electron chi connectivity index (χ1n) is 8.63. The fourth-order valence-corrected chi connectivity index (χ4v) is 4.10. The highest BCUT2D eigenvalue weighted by molar-refractivity contribution is 7.12. The van der Waals surface area contributed by atoms with Crippen molar-refractivity contribution < 1.29 is 9.59 Å². The number of carbonyl (C=O) groups excluding carboxylic acids is 2. The summed E-state index contributed by atoms with van der Waals surface area (Å²) in [6, 6.07) is 8.15. The van der Waals surface area contributed by atoms with Crippen LogP contribution in [0, 0.1) is 19.8 Å². The Balaban J connectivity index is 2.11. The van der Waals surface area contributed by atoms with Gasteiger partial charge in [0.05, 0.1) is 16.6 Å². The molecular weight excluding hydrogens is 368 g/mol. The van der Waals surface area contributed by atoms with E-state index in [2.05, 4.69) is 30.5 Å². The molecule has 0 radical (unpaired) electrons. The Bertz CT molecular complexity index is 801. The Morgan fingerprint density at radius 3 is 2.27 bits per heavy atom. The van der Waals surface area contributed by atoms with E-state index < -0.39 is 6.04 Å². The number of hydrogen-bond donors (Lipinski definition) is 2. The van der Waals surface area contributed by atoms with Gasteiger partial charge in [-0.05, 0) is 50.5 Å². The predicted octanol–water partition coefficient (Wildman–Crippen LogP) is 4.65. The topological polar surface area (TPSA) is 58.2 Å². The van der Waals surface area contributed by atoms with E-state index in [4.69, 9.17) is 11.6 Å². The summed E-state index contributed by atoms with van der Waals surface area (Å²) < 4.78 is 0. The van der Waals surface area contributed by atoms with Gasteiger partial charge in [0.25, 0.3) is 5.91 Å². The molecule has 2 N–H and O–H groups in total. The number of thiophene rings is 1. The summed E-state index contributed by atoms with van der Waals surface area (Å²) >= 11 is 7.80. The lowest BCUT2D eigenvalue weighted by Crippen LogP contribution is -2.50. The molecule has 4 nitrogen and oxygen atoms in total. The minimum Gasteiger partial charge on any atom is -0.348 e. The first-order valence-corrected chi connectivity index (χ1v) is 9.82. The van der Waals surface area contributed by atoms with Crippen molar-refractivity contribution in [1.82, 2.24) is 10.6 Å². The van der Waals surface area contributed by atoms with E-state index in [-0.39, 0.29) is 23.8 Å². The number of rotatable bonds is 6. The molecule has 2 amide bonds. The van der Waals surface area contributed by atoms with Gasteiger partial charge in [0.2, 0.25) is 5.91 Å². The van der Waals surface area contributed by atoms with Crippen molar-refractivity contribution in [3.63, 3.8) is 0 Å². The fraction of sp³-hybridized carbons (Fsp3) is 0.400. The second-order valence-corrected chi connectivity index (χ2v) is 8.64. The third-order valence-corrected chi connectivity index (χ3v) is 5.57. The first-order chi connectivity index (χ1) is 12.2. The number of carbonyl (C=O) groups is 2. The molecule has 0 saturated carbocycles. The van der Waals surface area contributed by atoms with Crippen LogP contribution in [-0.4, -0.2) is 17.9 Å². The van der Waals surface area contributed by atoms with Gasteiger partial charge in [-0.2, -0.15) is 0 Å². The Kier molecular flexibility index (Phi) is 6.84. The molecule has 2 aromatic rings. The van der Waals surface area contributed by atoms with E-state index in [1.165, 1.54) is 9.75 Å². The van der Waals surface area contributed by atoms with Crippen LogP contribution in [0.15, 0.2) is 30.3 Å². The van der Waals surface area contributed by atoms with Gasteiger partial charge in [-0.1, -0.05) is 37.6 Å². The molecule has 6 heteroatoms. The largest absolute Gasteiger partial charge is 0.348 e. The molecule has 26 heavy (non-hydrogen) atoms. The van der Waals surface area contributed by atoms with Gasteiger partial charge in [0.1, 0.15) is 6.04 Å². The van der Waals surface area contributed by atoms with E-state index in [0.717, 1.165) is 5.56 Å². The highest BCUT2D eigenvalue weighted by Crippen LogP contribution is 2.26. The smallest absolute Gasteiger partial charge is 0.253 e. The van der Waals surface area contributed by atoms with Gasteiger partial charge < -0.3 is 10.6 Å². The average Bonchev–Trinajstić information content (AvgIpc) is 2.90. The molecule has 0 fully saturated rings. The summed E-state index contributed by atoms with van der Waals surface area (Å²) in [6.07, 6.45) is 0. The minimum atomic E-state index is -0.638. The van der Waals surface area contributed by atoms with Crippen molar-refractivity contribution in [2.75, 3.05) is 0 Å². The van der Waals surface area contributed by atoms with Crippen molar-refractivity contribution in [2.24, 2.45) is 5.92 Å². The molecule has 1 heterocycles. The second-order valence-electron chi connectivity index (χ2n) is 6.77. The van der Waals surface area contributed by atoms with Crippen molar-refractivity contribution >= 4 is 34.8 Å². The second kappa shape index (κ2) is 8.69. The van der Waals surface area contributed by atoms with Crippen LogP contribution in [0.4, 0.5) is 0 Å². The summed E-state index contributed by atoms with van der Waals surface area (Å²) in [5, 5.41) is 6.21. The van der Waals surface area contributed by atoms with Crippen LogP contribution in [0.3, 0.4) is 0 Å². The van der Waals surface area contributed by atoms with E-state index in [1.807, 2.05) is 20.8 Å². The van der Waals surface area contributed by atoms with Crippen molar-refractivity contribution in [1.29, 1.82) is 0 Å². The number of amides is 2. The Hall–Kier alpha value is -1.85. The van der Waals surface area contributed by atoms with Gasteiger partial charge in [0.15, 0.2) is 0 Å². The molecular formula is C20H25ClN2O2S. The summed E-state index contributed by atoms with van der Waals surface area (Å²) in [5.74, 6) is -0.602. The molecule has 1 aromatic heterocycles. The van der Waals surface area contributed by atoms with E-state index >= 15 is 0 Å². The molecule has 140 valence electrons. The molecule has 0 aliphatic rings. The third kappa shape index (κ3) is 4.86. The van der Waals surface area contributed by atoms with Crippen LogP contribution >= 0.6 is 22.9 Å². The monoisotopic (exact) mass is 392 g/mol. The van der Waals surface area contributed by atoms with Crippen LogP contribution in [0.5, 0.6) is 0 Å². The lowest BCUT2D eigenvalue weighted by Gasteiger charge is -2.24. The molecule has 0 aliphatic heterocycles. The normalized spacial score (nSPS) is 13.3. The molecule has 2 atom stereocenters. The Morgan fingerprint density at radius 2 is 1.73 bits per heavy atom. The lowest BCUT2D eigenvalue weighted by atomic mass is 10.0. The molecule has 2 rings (SSSR count). The first kappa shape index (κ1) is 20.5. The number of nitrogens with one attached hydrogen (secondary N) is 2. The standard InChI is InChI=1S/C20H25ClN2O2S/c1-11(2)18(23-19(24)15-8-6-7-9-17(15)21)20(25)22-13(4)16-10-12(3)26-14(16)5/h6-11,13,18H,1-5H3,(H,22,25)(H,23,24)/t13-,18+/m1/s1. The van der Waals surface area contributed by atoms with E-state index in [0.29, 0.717) is 10.6 Å². The maximum atomic E-state index is 12.8. The summed E-state index contributed by atoms with van der Waals surface area (Å²) in [5.41, 5.74) is 1.48. The summed E-state index contributed by atoms with van der Waals surface area (Å²) in [6.45, 7) is 9.87. The highest BCUT2D eigenvalue weighted by Gasteiger charge is 2.27. The zero-order chi connectivity index (χ0) is 19.4. The van der Waals surface area contributed by atoms with Crippen molar-refractivity contribution in [2.45, 2.75) is 46.7 Å². The minimum absolute atomic E-state index is 0.0565. The highest BCUT2D eigenvalue weighted by atomic mass is 35.5. The zero-order valence-corrected chi connectivity index (χ0v) is 17.3. The lowest BCUT2D eigenvalue weighted by molar-refractivity contribution is -0.124. The number of halogens is 1. The quantitative estimate of drug-likeness (QED) is 0.751. The zero-order valence-electron chi connectivity index (χ0n) is 15.7. The van der Waals surface area contributed by atoms with Crippen LogP contribution in [0.25, 0.3) is 0 Å². The van der Waals surface area contributed by atoms with Gasteiger partial charge in [-0.3, -0.25) is 9.59 Å². The molecule has 0 aliphatic carbocycles. The maximum absolute atomic E-state index is 12.8. The van der Waals surface area contributed by atoms with Crippen LogP contribution in [-0.2, 0) is 4.79 Å². The van der Waals surface area contributed by atoms with Crippen LogP contribution in [0.2, 0.25) is 5.02 Å². The Labute approximate surface area is 164 Å². The molecule has 0 saturated heterocycles. The predicted molar refractivity (Wildman–Crippen MR) is 108 cm³/mol. The van der Waals surface area contributed by atoms with E-state index in [1.54, 1.807) is 35.6 Å². The Morgan fingerprint density at radius 1 is 1.08 bits per heavy atom. The fourth-order valence-electron chi connectivity index (χ4n) is 2.86. The molecule has 0 spiro atoms. The molecule has 0 bridgehead atoms. The van der Waals surface area contributed by atoms with Gasteiger partial charge in [0, 0.05) is 9.75 Å². The van der Waals surface area contributed by atoms with Crippen LogP contribution in [0.1, 0.15) is 52.5 Å². The maximum Gasteiger partial charge on any atom is 0.253 e. The number of benzene rings is 1.